The van der Waals surface area contributed by atoms with E-state index in [2.05, 4.69) is 21.3 Å². The average Bonchev–Trinajstić information content (AvgIpc) is 3.24. The van der Waals surface area contributed by atoms with E-state index in [4.69, 9.17) is 9.41 Å². The van der Waals surface area contributed by atoms with Crippen LogP contribution in [0.15, 0.2) is 115 Å². The highest BCUT2D eigenvalue weighted by Gasteiger charge is 2.29. The molecule has 0 atom stereocenters. The lowest BCUT2D eigenvalue weighted by Crippen LogP contribution is -2.26. The number of amides is 3. The minimum atomic E-state index is -4.84. The van der Waals surface area contributed by atoms with Gasteiger partial charge in [0.05, 0.1) is 22.4 Å². The lowest BCUT2D eigenvalue weighted by molar-refractivity contribution is 0.102. The highest BCUT2D eigenvalue weighted by atomic mass is 32.2. The molecule has 66 heavy (non-hydrogen) atoms. The van der Waals surface area contributed by atoms with Crippen molar-refractivity contribution in [3.05, 3.63) is 135 Å². The quantitative estimate of drug-likeness (QED) is 0.0500. The maximum atomic E-state index is 13.3. The van der Waals surface area contributed by atoms with Gasteiger partial charge in [0, 0.05) is 58.2 Å². The Balaban J connectivity index is 1.48. The smallest absolute Gasteiger partial charge is 0.318 e. The molecule has 3 amide bonds. The van der Waals surface area contributed by atoms with Gasteiger partial charge in [-0.2, -0.15) is 25.3 Å². The number of nitrogens with zero attached hydrogens (tertiary/aromatic N) is 1. The number of rotatable bonds is 10. The summed E-state index contributed by atoms with van der Waals surface area (Å²) in [6, 6.07) is 22.9. The molecule has 0 aromatic heterocycles. The van der Waals surface area contributed by atoms with Gasteiger partial charge in [-0.1, -0.05) is 36.4 Å². The van der Waals surface area contributed by atoms with E-state index in [0.29, 0.717) is 38.9 Å². The molecular weight excluding hydrogens is 911 g/mol. The van der Waals surface area contributed by atoms with Crippen molar-refractivity contribution in [1.82, 2.24) is 5.32 Å². The van der Waals surface area contributed by atoms with Crippen LogP contribution in [-0.2, 0) is 30.4 Å². The number of carbonyl (C=O) groups excluding carboxylic acids is 2. The molecule has 0 saturated heterocycles. The van der Waals surface area contributed by atoms with Crippen LogP contribution in [0.3, 0.4) is 0 Å². The molecule has 342 valence electrons. The summed E-state index contributed by atoms with van der Waals surface area (Å²) in [4.78, 5) is 29.3. The van der Waals surface area contributed by atoms with Gasteiger partial charge in [0.25, 0.3) is 36.3 Å². The summed E-state index contributed by atoms with van der Waals surface area (Å²) in [7, 11) is -13.1. The Hall–Kier alpha value is -6.94. The largest absolute Gasteiger partial charge is 0.456 e. The summed E-state index contributed by atoms with van der Waals surface area (Å²) in [6.07, 6.45) is 0. The summed E-state index contributed by atoms with van der Waals surface area (Å²) in [5.74, 6) is -0.380. The van der Waals surface area contributed by atoms with Gasteiger partial charge in [-0.25, -0.2) is 9.79 Å². The lowest BCUT2D eigenvalue weighted by Gasteiger charge is -2.23. The summed E-state index contributed by atoms with van der Waals surface area (Å²) in [5.41, 5.74) is 3.41. The normalized spacial score (nSPS) is 12.4. The zero-order chi connectivity index (χ0) is 48.2. The van der Waals surface area contributed by atoms with Gasteiger partial charge in [-0.3, -0.25) is 18.5 Å². The first-order valence-electron chi connectivity index (χ1n) is 19.9. The average molecular weight is 954 g/mol. The summed E-state index contributed by atoms with van der Waals surface area (Å²) < 4.78 is 114. The second-order valence-electron chi connectivity index (χ2n) is 15.4. The number of carbonyl (C=O) groups is 2. The predicted molar refractivity (Wildman–Crippen MR) is 250 cm³/mol. The SMILES string of the molecule is CNC(=O)Nc1c(C)c(/N=c2\ccc3c(-c4ccccc4S(=O)(=O)O)c4ccc(Nc5c(C)c(NC(=O)c6ccccc6)c(C)c(S(=O)(=O)O)c5C)cc4oc-3c2)c(C)c(S(=O)(=O)O)c1C. The fourth-order valence-electron chi connectivity index (χ4n) is 8.32. The van der Waals surface area contributed by atoms with Crippen molar-refractivity contribution in [1.29, 1.82) is 0 Å². The van der Waals surface area contributed by atoms with Gasteiger partial charge in [0.2, 0.25) is 0 Å². The Labute approximate surface area is 380 Å². The topological polar surface area (TPSA) is 271 Å². The fraction of sp³-hybridized carbons (Fsp3) is 0.152. The Morgan fingerprint density at radius 3 is 1.80 bits per heavy atom. The Morgan fingerprint density at radius 1 is 0.591 bits per heavy atom. The zero-order valence-corrected chi connectivity index (χ0v) is 38.8. The monoisotopic (exact) mass is 953 g/mol. The van der Waals surface area contributed by atoms with Crippen molar-refractivity contribution in [3.63, 3.8) is 0 Å². The fourth-order valence-corrected chi connectivity index (χ4v) is 11.0. The molecule has 17 nitrogen and oxygen atoms in total. The van der Waals surface area contributed by atoms with Gasteiger partial charge in [-0.15, -0.1) is 0 Å². The van der Waals surface area contributed by atoms with Crippen LogP contribution in [0.25, 0.3) is 33.4 Å². The van der Waals surface area contributed by atoms with Crippen LogP contribution < -0.4 is 26.6 Å². The van der Waals surface area contributed by atoms with Gasteiger partial charge >= 0.3 is 6.03 Å². The maximum absolute atomic E-state index is 13.3. The molecule has 1 aliphatic heterocycles. The minimum absolute atomic E-state index is 0.0833. The van der Waals surface area contributed by atoms with Gasteiger partial charge in [0.15, 0.2) is 0 Å². The second-order valence-corrected chi connectivity index (χ2v) is 19.5. The first-order chi connectivity index (χ1) is 30.9. The highest BCUT2D eigenvalue weighted by molar-refractivity contribution is 7.86. The predicted octanol–water partition coefficient (Wildman–Crippen LogP) is 8.77. The van der Waals surface area contributed by atoms with Crippen LogP contribution in [-0.4, -0.2) is 57.9 Å². The van der Waals surface area contributed by atoms with Crippen LogP contribution in [0.2, 0.25) is 0 Å². The Bertz CT molecular complexity index is 3570. The van der Waals surface area contributed by atoms with E-state index in [1.54, 1.807) is 80.6 Å². The van der Waals surface area contributed by atoms with Crippen molar-refractivity contribution in [2.75, 3.05) is 23.0 Å². The van der Waals surface area contributed by atoms with Gasteiger partial charge in [-0.05, 0) is 117 Å². The van der Waals surface area contributed by atoms with Crippen molar-refractivity contribution in [2.24, 2.45) is 4.99 Å². The number of hydrogen-bond acceptors (Lipinski definition) is 11. The number of benzene rings is 6. The molecule has 5 aromatic rings. The lowest BCUT2D eigenvalue weighted by atomic mass is 9.93. The number of hydrogen-bond donors (Lipinski definition) is 7. The molecule has 0 fully saturated rings. The standard InChI is InChI=1S/C46H43N5O12S3/c1-23-39(25(3)43(65(57,58)59)27(5)41(23)50-45(52)29-13-9-8-10-14-29)48-30-17-19-32-35(21-30)63-36-22-31(18-20-33(36)38(32)34-15-11-12-16-37(34)64(54,55)56)49-40-24(2)42(51-46(53)47-7)28(6)44(26(40)4)66(60,61)62/h8-22,48H,1-7H3,(H,50,52)(H2,47,51,53)(H,54,55,56)(H,57,58,59)(H,60,61,62)/b49-31+. The molecular formula is C46H43N5O12S3. The van der Waals surface area contributed by atoms with Crippen molar-refractivity contribution < 1.29 is 52.9 Å². The summed E-state index contributed by atoms with van der Waals surface area (Å²) >= 11 is 0. The molecule has 7 N–H and O–H groups in total. The molecule has 20 heteroatoms. The van der Waals surface area contributed by atoms with E-state index >= 15 is 0 Å². The van der Waals surface area contributed by atoms with E-state index < -0.39 is 57.0 Å². The molecule has 0 unspecified atom stereocenters. The Morgan fingerprint density at radius 2 is 1.18 bits per heavy atom. The van der Waals surface area contributed by atoms with Crippen molar-refractivity contribution >= 4 is 81.7 Å². The van der Waals surface area contributed by atoms with E-state index in [0.717, 1.165) is 0 Å². The maximum Gasteiger partial charge on any atom is 0.318 e. The van der Waals surface area contributed by atoms with Crippen LogP contribution >= 0.6 is 0 Å². The van der Waals surface area contributed by atoms with Crippen LogP contribution in [0.1, 0.15) is 43.7 Å². The van der Waals surface area contributed by atoms with Crippen LogP contribution in [0.5, 0.6) is 0 Å². The van der Waals surface area contributed by atoms with Crippen molar-refractivity contribution in [2.45, 2.75) is 56.2 Å². The zero-order valence-electron chi connectivity index (χ0n) is 36.3. The number of fused-ring (bicyclic) bond motifs is 2. The third-order valence-corrected chi connectivity index (χ3v) is 14.4. The molecule has 0 spiro atoms. The second kappa shape index (κ2) is 17.5. The van der Waals surface area contributed by atoms with Gasteiger partial charge in [0.1, 0.15) is 26.0 Å². The summed E-state index contributed by atoms with van der Waals surface area (Å²) in [5, 5.41) is 11.6. The highest BCUT2D eigenvalue weighted by Crippen LogP contribution is 2.45. The summed E-state index contributed by atoms with van der Waals surface area (Å²) in [6.45, 7) is 9.14. The van der Waals surface area contributed by atoms with Crippen LogP contribution in [0.4, 0.5) is 33.2 Å². The van der Waals surface area contributed by atoms with E-state index in [-0.39, 0.29) is 67.3 Å². The molecule has 7 rings (SSSR count). The molecule has 5 aromatic carbocycles. The first-order valence-corrected chi connectivity index (χ1v) is 24.2. The van der Waals surface area contributed by atoms with E-state index in [1.807, 2.05) is 0 Å². The van der Waals surface area contributed by atoms with Crippen molar-refractivity contribution in [3.8, 4) is 22.5 Å². The molecule has 1 aliphatic carbocycles. The molecule has 0 bridgehead atoms. The third-order valence-electron chi connectivity index (χ3n) is 11.2. The third kappa shape index (κ3) is 8.89. The molecule has 1 heterocycles. The minimum Gasteiger partial charge on any atom is -0.456 e. The number of anilines is 4. The number of nitrogens with one attached hydrogen (secondary N) is 4. The van der Waals surface area contributed by atoms with E-state index in [9.17, 15) is 48.5 Å². The van der Waals surface area contributed by atoms with E-state index in [1.165, 1.54) is 59.0 Å². The molecule has 0 saturated carbocycles. The van der Waals surface area contributed by atoms with Gasteiger partial charge < -0.3 is 25.7 Å². The molecule has 0 radical (unpaired) electrons. The molecule has 2 aliphatic rings. The first kappa shape index (κ1) is 47.0. The Kier molecular flexibility index (Phi) is 12.4. The number of urea groups is 1. The van der Waals surface area contributed by atoms with Crippen LogP contribution in [0, 0.1) is 41.5 Å².